The van der Waals surface area contributed by atoms with Crippen molar-refractivity contribution in [2.75, 3.05) is 18.6 Å². The summed E-state index contributed by atoms with van der Waals surface area (Å²) < 4.78 is 10.4. The van der Waals surface area contributed by atoms with Crippen LogP contribution in [0, 0.1) is 0 Å². The number of ether oxygens (including phenoxy) is 2. The first-order chi connectivity index (χ1) is 7.44. The number of esters is 1. The Hall–Kier alpha value is -0.260. The molecule has 94 valence electrons. The van der Waals surface area contributed by atoms with Crippen molar-refractivity contribution in [1.82, 2.24) is 0 Å². The highest BCUT2D eigenvalue weighted by molar-refractivity contribution is 7.99. The van der Waals surface area contributed by atoms with Gasteiger partial charge in [-0.15, -0.1) is 0 Å². The molecule has 0 aliphatic carbocycles. The Morgan fingerprint density at radius 1 is 1.69 bits per heavy atom. The van der Waals surface area contributed by atoms with Gasteiger partial charge in [0.05, 0.1) is 18.8 Å². The summed E-state index contributed by atoms with van der Waals surface area (Å²) in [6.07, 6.45) is 2.49. The predicted molar refractivity (Wildman–Crippen MR) is 65.5 cm³/mol. The Morgan fingerprint density at radius 2 is 2.38 bits per heavy atom. The second kappa shape index (κ2) is 5.89. The van der Waals surface area contributed by atoms with Crippen LogP contribution in [-0.2, 0) is 14.3 Å². The van der Waals surface area contributed by atoms with E-state index in [4.69, 9.17) is 10.5 Å². The van der Waals surface area contributed by atoms with E-state index in [1.807, 2.05) is 0 Å². The SMILES string of the molecule is COC(=O)C(N)CSCC1CCC(C)(C)O1. The lowest BCUT2D eigenvalue weighted by molar-refractivity contribution is -0.141. The fourth-order valence-electron chi connectivity index (χ4n) is 1.74. The molecule has 16 heavy (non-hydrogen) atoms. The molecule has 0 spiro atoms. The lowest BCUT2D eigenvalue weighted by atomic mass is 10.1. The van der Waals surface area contributed by atoms with Gasteiger partial charge in [0.2, 0.25) is 0 Å². The summed E-state index contributed by atoms with van der Waals surface area (Å²) in [5.74, 6) is 1.14. The first-order valence-corrected chi connectivity index (χ1v) is 6.69. The molecule has 1 saturated heterocycles. The molecule has 1 rings (SSSR count). The molecule has 0 aromatic heterocycles. The van der Waals surface area contributed by atoms with Crippen LogP contribution >= 0.6 is 11.8 Å². The van der Waals surface area contributed by atoms with E-state index in [1.54, 1.807) is 11.8 Å². The summed E-state index contributed by atoms with van der Waals surface area (Å²) in [7, 11) is 1.36. The van der Waals surface area contributed by atoms with Gasteiger partial charge in [-0.05, 0) is 26.7 Å². The molecule has 4 nitrogen and oxygen atoms in total. The van der Waals surface area contributed by atoms with E-state index in [2.05, 4.69) is 18.6 Å². The fraction of sp³-hybridized carbons (Fsp3) is 0.909. The van der Waals surface area contributed by atoms with Crippen molar-refractivity contribution in [1.29, 1.82) is 0 Å². The Labute approximate surface area is 101 Å². The number of carbonyl (C=O) groups is 1. The van der Waals surface area contributed by atoms with Crippen LogP contribution in [-0.4, -0.2) is 42.3 Å². The van der Waals surface area contributed by atoms with Gasteiger partial charge >= 0.3 is 5.97 Å². The van der Waals surface area contributed by atoms with Gasteiger partial charge in [-0.3, -0.25) is 4.79 Å². The molecule has 2 N–H and O–H groups in total. The molecule has 0 radical (unpaired) electrons. The van der Waals surface area contributed by atoms with Crippen molar-refractivity contribution < 1.29 is 14.3 Å². The maximum Gasteiger partial charge on any atom is 0.323 e. The quantitative estimate of drug-likeness (QED) is 0.739. The van der Waals surface area contributed by atoms with Crippen molar-refractivity contribution >= 4 is 17.7 Å². The van der Waals surface area contributed by atoms with Crippen LogP contribution in [0.25, 0.3) is 0 Å². The molecule has 2 atom stereocenters. The molecule has 0 aromatic rings. The van der Waals surface area contributed by atoms with Gasteiger partial charge in [0, 0.05) is 11.5 Å². The van der Waals surface area contributed by atoms with Gasteiger partial charge in [0.15, 0.2) is 0 Å². The third-order valence-electron chi connectivity index (χ3n) is 2.66. The van der Waals surface area contributed by atoms with Crippen LogP contribution in [0.1, 0.15) is 26.7 Å². The maximum atomic E-state index is 11.1. The maximum absolute atomic E-state index is 11.1. The van der Waals surface area contributed by atoms with E-state index >= 15 is 0 Å². The highest BCUT2D eigenvalue weighted by Crippen LogP contribution is 2.30. The summed E-state index contributed by atoms with van der Waals surface area (Å²) in [6.45, 7) is 4.22. The second-order valence-corrected chi connectivity index (χ2v) is 5.78. The van der Waals surface area contributed by atoms with E-state index in [9.17, 15) is 4.79 Å². The minimum Gasteiger partial charge on any atom is -0.468 e. The monoisotopic (exact) mass is 247 g/mol. The standard InChI is InChI=1S/C11H21NO3S/c1-11(2)5-4-8(15-11)6-16-7-9(12)10(13)14-3/h8-9H,4-7,12H2,1-3H3. The van der Waals surface area contributed by atoms with Crippen molar-refractivity contribution in [3.05, 3.63) is 0 Å². The van der Waals surface area contributed by atoms with Gasteiger partial charge in [-0.25, -0.2) is 0 Å². The number of thioether (sulfide) groups is 1. The number of nitrogens with two attached hydrogens (primary N) is 1. The van der Waals surface area contributed by atoms with Crippen LogP contribution in [0.3, 0.4) is 0 Å². The number of hydrogen-bond acceptors (Lipinski definition) is 5. The average Bonchev–Trinajstić information content (AvgIpc) is 2.57. The van der Waals surface area contributed by atoms with Crippen molar-refractivity contribution in [3.63, 3.8) is 0 Å². The normalized spacial score (nSPS) is 25.4. The number of methoxy groups -OCH3 is 1. The molecule has 2 unspecified atom stereocenters. The zero-order valence-electron chi connectivity index (χ0n) is 10.2. The summed E-state index contributed by atoms with van der Waals surface area (Å²) in [4.78, 5) is 11.1. The summed E-state index contributed by atoms with van der Waals surface area (Å²) >= 11 is 1.65. The lowest BCUT2D eigenvalue weighted by Crippen LogP contribution is -2.34. The van der Waals surface area contributed by atoms with Crippen molar-refractivity contribution in [2.45, 2.75) is 44.4 Å². The number of hydrogen-bond donors (Lipinski definition) is 1. The van der Waals surface area contributed by atoms with Crippen molar-refractivity contribution in [2.24, 2.45) is 5.73 Å². The topological polar surface area (TPSA) is 61.5 Å². The summed E-state index contributed by atoms with van der Waals surface area (Å²) in [5.41, 5.74) is 5.64. The molecule has 0 amide bonds. The highest BCUT2D eigenvalue weighted by Gasteiger charge is 2.31. The molecular formula is C11H21NO3S. The van der Waals surface area contributed by atoms with Gasteiger partial charge in [-0.1, -0.05) is 0 Å². The summed E-state index contributed by atoms with van der Waals surface area (Å²) in [5, 5.41) is 0. The van der Waals surface area contributed by atoms with Gasteiger partial charge in [0.1, 0.15) is 6.04 Å². The zero-order valence-corrected chi connectivity index (χ0v) is 11.0. The minimum atomic E-state index is -0.524. The van der Waals surface area contributed by atoms with Crippen LogP contribution < -0.4 is 5.73 Å². The van der Waals surface area contributed by atoms with E-state index < -0.39 is 6.04 Å². The number of carbonyl (C=O) groups excluding carboxylic acids is 1. The Morgan fingerprint density at radius 3 is 2.88 bits per heavy atom. The van der Waals surface area contributed by atoms with Gasteiger partial charge in [-0.2, -0.15) is 11.8 Å². The number of rotatable bonds is 5. The van der Waals surface area contributed by atoms with E-state index in [0.29, 0.717) is 11.9 Å². The second-order valence-electron chi connectivity index (χ2n) is 4.71. The van der Waals surface area contributed by atoms with Gasteiger partial charge in [0.25, 0.3) is 0 Å². The smallest absolute Gasteiger partial charge is 0.323 e. The van der Waals surface area contributed by atoms with Crippen LogP contribution in [0.5, 0.6) is 0 Å². The molecular weight excluding hydrogens is 226 g/mol. The van der Waals surface area contributed by atoms with Crippen LogP contribution in [0.15, 0.2) is 0 Å². The Bertz CT molecular complexity index is 245. The third-order valence-corrected chi connectivity index (χ3v) is 3.86. The van der Waals surface area contributed by atoms with E-state index in [0.717, 1.165) is 18.6 Å². The molecule has 0 saturated carbocycles. The molecule has 1 aliphatic rings. The summed E-state index contributed by atoms with van der Waals surface area (Å²) in [6, 6.07) is -0.524. The fourth-order valence-corrected chi connectivity index (χ4v) is 2.76. The molecule has 0 aromatic carbocycles. The molecule has 1 heterocycles. The van der Waals surface area contributed by atoms with Crippen LogP contribution in [0.4, 0.5) is 0 Å². The van der Waals surface area contributed by atoms with Crippen molar-refractivity contribution in [3.8, 4) is 0 Å². The predicted octanol–water partition coefficient (Wildman–Crippen LogP) is 1.18. The Kier molecular flexibility index (Phi) is 5.08. The molecule has 5 heteroatoms. The van der Waals surface area contributed by atoms with Gasteiger partial charge < -0.3 is 15.2 Å². The molecule has 1 fully saturated rings. The van der Waals surface area contributed by atoms with Crippen LogP contribution in [0.2, 0.25) is 0 Å². The first-order valence-electron chi connectivity index (χ1n) is 5.53. The average molecular weight is 247 g/mol. The molecule has 1 aliphatic heterocycles. The first kappa shape index (κ1) is 13.8. The largest absolute Gasteiger partial charge is 0.468 e. The Balaban J connectivity index is 2.15. The highest BCUT2D eigenvalue weighted by atomic mass is 32.2. The van der Waals surface area contributed by atoms with E-state index in [1.165, 1.54) is 7.11 Å². The minimum absolute atomic E-state index is 0.00961. The zero-order chi connectivity index (χ0) is 12.2. The third kappa shape index (κ3) is 4.31. The molecule has 0 bridgehead atoms. The lowest BCUT2D eigenvalue weighted by Gasteiger charge is -2.19. The van der Waals surface area contributed by atoms with E-state index in [-0.39, 0.29) is 11.6 Å².